The van der Waals surface area contributed by atoms with Crippen LogP contribution in [0, 0.1) is 5.92 Å². The first-order chi connectivity index (χ1) is 10.7. The maximum absolute atomic E-state index is 12.3. The van der Waals surface area contributed by atoms with Crippen molar-refractivity contribution >= 4 is 10.9 Å². The molecule has 3 rings (SSSR count). The Bertz CT molecular complexity index is 708. The van der Waals surface area contributed by atoms with E-state index in [9.17, 15) is 4.79 Å². The molecule has 1 aromatic heterocycles. The highest BCUT2D eigenvalue weighted by molar-refractivity contribution is 5.80. The van der Waals surface area contributed by atoms with E-state index in [1.54, 1.807) is 7.11 Å². The van der Waals surface area contributed by atoms with Gasteiger partial charge in [-0.3, -0.25) is 4.79 Å². The van der Waals surface area contributed by atoms with Crippen LogP contribution in [0.25, 0.3) is 10.9 Å². The van der Waals surface area contributed by atoms with E-state index in [1.807, 2.05) is 24.3 Å². The fraction of sp³-hybridized carbons (Fsp3) is 0.500. The van der Waals surface area contributed by atoms with Crippen LogP contribution in [0.5, 0.6) is 5.75 Å². The predicted molar refractivity (Wildman–Crippen MR) is 88.2 cm³/mol. The fourth-order valence-electron chi connectivity index (χ4n) is 3.48. The van der Waals surface area contributed by atoms with Crippen LogP contribution in [-0.2, 0) is 6.54 Å². The first kappa shape index (κ1) is 15.1. The fourth-order valence-corrected chi connectivity index (χ4v) is 3.48. The Kier molecular flexibility index (Phi) is 4.48. The zero-order chi connectivity index (χ0) is 15.5. The van der Waals surface area contributed by atoms with Gasteiger partial charge in [-0.1, -0.05) is 13.3 Å². The number of benzene rings is 1. The molecule has 0 spiro atoms. The van der Waals surface area contributed by atoms with E-state index in [2.05, 4.69) is 17.2 Å². The SMILES string of the molecule is COc1ccc2cc(C[NH2+][C@@H]3CCCC[C@H]3C)c(=O)[nH]c2c1. The van der Waals surface area contributed by atoms with Gasteiger partial charge in [-0.25, -0.2) is 0 Å². The Morgan fingerprint density at radius 1 is 1.27 bits per heavy atom. The number of aromatic nitrogens is 1. The van der Waals surface area contributed by atoms with Gasteiger partial charge in [0.05, 0.1) is 24.2 Å². The van der Waals surface area contributed by atoms with E-state index in [0.29, 0.717) is 6.04 Å². The number of methoxy groups -OCH3 is 1. The normalized spacial score (nSPS) is 21.9. The molecule has 4 nitrogen and oxygen atoms in total. The number of pyridine rings is 1. The Balaban J connectivity index is 1.78. The van der Waals surface area contributed by atoms with Gasteiger partial charge in [-0.2, -0.15) is 0 Å². The molecule has 1 heterocycles. The second kappa shape index (κ2) is 6.53. The van der Waals surface area contributed by atoms with Crippen LogP contribution in [0.15, 0.2) is 29.1 Å². The van der Waals surface area contributed by atoms with Crippen molar-refractivity contribution in [2.75, 3.05) is 7.11 Å². The second-order valence-corrected chi connectivity index (χ2v) is 6.44. The van der Waals surface area contributed by atoms with Crippen LogP contribution in [0.3, 0.4) is 0 Å². The van der Waals surface area contributed by atoms with Crippen LogP contribution < -0.4 is 15.6 Å². The number of fused-ring (bicyclic) bond motifs is 1. The van der Waals surface area contributed by atoms with E-state index in [4.69, 9.17) is 4.74 Å². The molecule has 1 saturated carbocycles. The van der Waals surface area contributed by atoms with E-state index in [-0.39, 0.29) is 5.56 Å². The number of nitrogens with two attached hydrogens (primary N) is 1. The third kappa shape index (κ3) is 3.17. The molecule has 0 amide bonds. The summed E-state index contributed by atoms with van der Waals surface area (Å²) in [5.74, 6) is 1.51. The van der Waals surface area contributed by atoms with Crippen molar-refractivity contribution in [3.05, 3.63) is 40.2 Å². The molecule has 0 saturated heterocycles. The Hall–Kier alpha value is -1.81. The second-order valence-electron chi connectivity index (χ2n) is 6.44. The van der Waals surface area contributed by atoms with Crippen molar-refractivity contribution in [1.29, 1.82) is 0 Å². The molecule has 0 radical (unpaired) electrons. The van der Waals surface area contributed by atoms with Crippen molar-refractivity contribution < 1.29 is 10.1 Å². The van der Waals surface area contributed by atoms with Gasteiger partial charge in [0.2, 0.25) is 0 Å². The summed E-state index contributed by atoms with van der Waals surface area (Å²) in [4.78, 5) is 15.2. The van der Waals surface area contributed by atoms with Crippen molar-refractivity contribution in [3.63, 3.8) is 0 Å². The number of quaternary nitrogens is 1. The number of nitrogens with one attached hydrogen (secondary N) is 1. The van der Waals surface area contributed by atoms with Gasteiger partial charge in [0.1, 0.15) is 12.3 Å². The average molecular weight is 301 g/mol. The summed E-state index contributed by atoms with van der Waals surface area (Å²) < 4.78 is 5.20. The van der Waals surface area contributed by atoms with Crippen molar-refractivity contribution in [1.82, 2.24) is 4.98 Å². The molecule has 4 heteroatoms. The smallest absolute Gasteiger partial charge is 0.257 e. The minimum absolute atomic E-state index is 0.0143. The zero-order valence-electron chi connectivity index (χ0n) is 13.4. The molecule has 0 unspecified atom stereocenters. The van der Waals surface area contributed by atoms with Gasteiger partial charge in [0.15, 0.2) is 0 Å². The van der Waals surface area contributed by atoms with Crippen LogP contribution in [0.1, 0.15) is 38.2 Å². The van der Waals surface area contributed by atoms with Crippen molar-refractivity contribution in [2.45, 2.75) is 45.2 Å². The summed E-state index contributed by atoms with van der Waals surface area (Å²) in [6.45, 7) is 3.09. The molecule has 0 aliphatic heterocycles. The lowest BCUT2D eigenvalue weighted by molar-refractivity contribution is -0.712. The summed E-state index contributed by atoms with van der Waals surface area (Å²) in [6.07, 6.45) is 5.25. The third-order valence-electron chi connectivity index (χ3n) is 4.95. The number of aromatic amines is 1. The topological polar surface area (TPSA) is 58.7 Å². The number of hydrogen-bond donors (Lipinski definition) is 2. The zero-order valence-corrected chi connectivity index (χ0v) is 13.4. The van der Waals surface area contributed by atoms with E-state index >= 15 is 0 Å². The Labute approximate surface area is 130 Å². The molecule has 1 aliphatic carbocycles. The maximum atomic E-state index is 12.3. The summed E-state index contributed by atoms with van der Waals surface area (Å²) in [6, 6.07) is 8.46. The van der Waals surface area contributed by atoms with Crippen LogP contribution in [0.2, 0.25) is 0 Å². The Morgan fingerprint density at radius 3 is 2.86 bits per heavy atom. The lowest BCUT2D eigenvalue weighted by atomic mass is 9.86. The predicted octanol–water partition coefficient (Wildman–Crippen LogP) is 2.18. The molecule has 22 heavy (non-hydrogen) atoms. The number of rotatable bonds is 4. The van der Waals surface area contributed by atoms with Crippen LogP contribution in [-0.4, -0.2) is 18.1 Å². The first-order valence-corrected chi connectivity index (χ1v) is 8.20. The summed E-state index contributed by atoms with van der Waals surface area (Å²) >= 11 is 0. The average Bonchev–Trinajstić information content (AvgIpc) is 2.53. The van der Waals surface area contributed by atoms with Crippen molar-refractivity contribution in [3.8, 4) is 5.75 Å². The molecular weight excluding hydrogens is 276 g/mol. The van der Waals surface area contributed by atoms with Gasteiger partial charge in [0.25, 0.3) is 5.56 Å². The third-order valence-corrected chi connectivity index (χ3v) is 4.95. The highest BCUT2D eigenvalue weighted by Gasteiger charge is 2.24. The summed E-state index contributed by atoms with van der Waals surface area (Å²) in [5.41, 5.74) is 1.70. The molecule has 2 aromatic rings. The van der Waals surface area contributed by atoms with Gasteiger partial charge in [-0.05, 0) is 42.8 Å². The minimum Gasteiger partial charge on any atom is -0.497 e. The highest BCUT2D eigenvalue weighted by Crippen LogP contribution is 2.21. The number of hydrogen-bond acceptors (Lipinski definition) is 2. The van der Waals surface area contributed by atoms with Gasteiger partial charge in [-0.15, -0.1) is 0 Å². The molecule has 3 N–H and O–H groups in total. The quantitative estimate of drug-likeness (QED) is 0.909. The van der Waals surface area contributed by atoms with Gasteiger partial charge >= 0.3 is 0 Å². The maximum Gasteiger partial charge on any atom is 0.257 e. The van der Waals surface area contributed by atoms with Gasteiger partial charge < -0.3 is 15.0 Å². The Morgan fingerprint density at radius 2 is 2.09 bits per heavy atom. The molecule has 0 bridgehead atoms. The van der Waals surface area contributed by atoms with E-state index in [1.165, 1.54) is 25.7 Å². The molecule has 1 fully saturated rings. The standard InChI is InChI=1S/C18H24N2O2/c1-12-5-3-4-6-16(12)19-11-14-9-13-7-8-15(22-2)10-17(13)20-18(14)21/h7-10,12,16,19H,3-6,11H2,1-2H3,(H,20,21)/p+1/t12-,16-/m1/s1. The van der Waals surface area contributed by atoms with E-state index < -0.39 is 0 Å². The monoisotopic (exact) mass is 301 g/mol. The van der Waals surface area contributed by atoms with Crippen LogP contribution in [0.4, 0.5) is 0 Å². The van der Waals surface area contributed by atoms with Crippen molar-refractivity contribution in [2.24, 2.45) is 5.92 Å². The number of ether oxygens (including phenoxy) is 1. The summed E-state index contributed by atoms with van der Waals surface area (Å²) in [7, 11) is 1.63. The molecule has 1 aromatic carbocycles. The lowest BCUT2D eigenvalue weighted by Gasteiger charge is -2.26. The largest absolute Gasteiger partial charge is 0.497 e. The first-order valence-electron chi connectivity index (χ1n) is 8.20. The molecule has 2 atom stereocenters. The molecule has 1 aliphatic rings. The number of H-pyrrole nitrogens is 1. The molecule has 118 valence electrons. The summed E-state index contributed by atoms with van der Waals surface area (Å²) in [5, 5.41) is 3.41. The van der Waals surface area contributed by atoms with Gasteiger partial charge in [0, 0.05) is 12.0 Å². The minimum atomic E-state index is 0.0143. The lowest BCUT2D eigenvalue weighted by Crippen LogP contribution is -2.90. The highest BCUT2D eigenvalue weighted by atomic mass is 16.5. The molecular formula is C18H25N2O2+. The van der Waals surface area contributed by atoms with E-state index in [0.717, 1.165) is 34.7 Å². The van der Waals surface area contributed by atoms with Crippen LogP contribution >= 0.6 is 0 Å².